The number of hydrogen-bond acceptors (Lipinski definition) is 4. The molecule has 3 rings (SSSR count). The second kappa shape index (κ2) is 6.37. The summed E-state index contributed by atoms with van der Waals surface area (Å²) in [7, 11) is 1.84. The van der Waals surface area contributed by atoms with Crippen LogP contribution in [0.3, 0.4) is 0 Å². The first kappa shape index (κ1) is 15.5. The van der Waals surface area contributed by atoms with Crippen LogP contribution in [0.4, 0.5) is 0 Å². The molecule has 3 heterocycles. The third-order valence-electron chi connectivity index (χ3n) is 4.02. The van der Waals surface area contributed by atoms with Crippen molar-refractivity contribution in [3.63, 3.8) is 0 Å². The lowest BCUT2D eigenvalue weighted by molar-refractivity contribution is -0.122. The van der Waals surface area contributed by atoms with Gasteiger partial charge >= 0.3 is 0 Å². The van der Waals surface area contributed by atoms with E-state index in [4.69, 9.17) is 4.74 Å². The Kier molecular flexibility index (Phi) is 4.29. The van der Waals surface area contributed by atoms with Crippen LogP contribution >= 0.6 is 0 Å². The van der Waals surface area contributed by atoms with E-state index in [-0.39, 0.29) is 30.2 Å². The zero-order chi connectivity index (χ0) is 16.4. The molecular weight excluding hydrogens is 296 g/mol. The molecule has 0 aromatic carbocycles. The minimum atomic E-state index is -0.193. The van der Waals surface area contributed by atoms with Crippen molar-refractivity contribution in [2.45, 2.75) is 32.0 Å². The van der Waals surface area contributed by atoms with Gasteiger partial charge in [0.1, 0.15) is 12.6 Å². The van der Waals surface area contributed by atoms with Crippen LogP contribution in [0.5, 0.6) is 0 Å². The fourth-order valence-electron chi connectivity index (χ4n) is 2.84. The first-order valence-electron chi connectivity index (χ1n) is 7.60. The van der Waals surface area contributed by atoms with Crippen molar-refractivity contribution in [2.75, 3.05) is 6.61 Å². The second-order valence-electron chi connectivity index (χ2n) is 5.83. The summed E-state index contributed by atoms with van der Waals surface area (Å²) < 4.78 is 8.85. The Morgan fingerprint density at radius 3 is 3.09 bits per heavy atom. The van der Waals surface area contributed by atoms with Gasteiger partial charge in [-0.3, -0.25) is 14.3 Å². The van der Waals surface area contributed by atoms with Gasteiger partial charge in [-0.05, 0) is 19.4 Å². The fraction of sp³-hybridized carbons (Fsp3) is 0.438. The molecule has 1 fully saturated rings. The number of carbonyl (C=O) groups excluding carboxylic acids is 1. The first-order valence-corrected chi connectivity index (χ1v) is 7.60. The largest absolute Gasteiger partial charge is 0.371 e. The van der Waals surface area contributed by atoms with Crippen molar-refractivity contribution in [2.24, 2.45) is 7.05 Å². The molecule has 23 heavy (non-hydrogen) atoms. The molecule has 1 aliphatic rings. The number of hydrogen-bond donors (Lipinski definition) is 1. The standard InChI is InChI=1S/C16H20N4O3/c1-11-4-3-6-20(16(11)22)10-14(21)18-13-5-7-23-15(13)12-8-17-19(2)9-12/h3-4,6,8-9,13,15H,5,7,10H2,1-2H3,(H,18,21)/t13-,15+/m0/s1. The van der Waals surface area contributed by atoms with Crippen molar-refractivity contribution in [1.29, 1.82) is 0 Å². The number of pyridine rings is 1. The molecule has 2 aromatic rings. The van der Waals surface area contributed by atoms with E-state index in [0.717, 1.165) is 12.0 Å². The summed E-state index contributed by atoms with van der Waals surface area (Å²) in [5, 5.41) is 7.11. The predicted molar refractivity (Wildman–Crippen MR) is 83.9 cm³/mol. The zero-order valence-electron chi connectivity index (χ0n) is 13.2. The Bertz CT molecular complexity index is 765. The maximum atomic E-state index is 12.3. The number of aryl methyl sites for hydroxylation is 2. The molecule has 0 bridgehead atoms. The molecule has 0 radical (unpaired) electrons. The molecule has 2 atom stereocenters. The Hall–Kier alpha value is -2.41. The Balaban J connectivity index is 1.67. The van der Waals surface area contributed by atoms with Crippen LogP contribution in [0.25, 0.3) is 0 Å². The number of nitrogens with zero attached hydrogens (tertiary/aromatic N) is 3. The maximum absolute atomic E-state index is 12.3. The van der Waals surface area contributed by atoms with Crippen molar-refractivity contribution in [3.8, 4) is 0 Å². The summed E-state index contributed by atoms with van der Waals surface area (Å²) in [6.07, 6.45) is 5.81. The lowest BCUT2D eigenvalue weighted by Gasteiger charge is -2.19. The van der Waals surface area contributed by atoms with E-state index in [9.17, 15) is 9.59 Å². The van der Waals surface area contributed by atoms with Crippen LogP contribution in [0, 0.1) is 6.92 Å². The molecule has 1 aliphatic heterocycles. The number of nitrogens with one attached hydrogen (secondary N) is 1. The van der Waals surface area contributed by atoms with E-state index in [1.807, 2.05) is 13.2 Å². The summed E-state index contributed by atoms with van der Waals surface area (Å²) in [4.78, 5) is 24.2. The van der Waals surface area contributed by atoms with Crippen LogP contribution in [0.1, 0.15) is 23.7 Å². The van der Waals surface area contributed by atoms with E-state index < -0.39 is 0 Å². The van der Waals surface area contributed by atoms with Crippen molar-refractivity contribution in [3.05, 3.63) is 52.2 Å². The highest BCUT2D eigenvalue weighted by molar-refractivity contribution is 5.76. The molecule has 122 valence electrons. The van der Waals surface area contributed by atoms with Crippen molar-refractivity contribution >= 4 is 5.91 Å². The third kappa shape index (κ3) is 3.34. The Morgan fingerprint density at radius 1 is 1.52 bits per heavy atom. The topological polar surface area (TPSA) is 78.2 Å². The van der Waals surface area contributed by atoms with E-state index in [1.165, 1.54) is 4.57 Å². The van der Waals surface area contributed by atoms with Gasteiger partial charge in [-0.25, -0.2) is 0 Å². The SMILES string of the molecule is Cc1cccn(CC(=O)N[C@H]2CCO[C@@H]2c2cnn(C)c2)c1=O. The van der Waals surface area contributed by atoms with Gasteiger partial charge in [0.15, 0.2) is 0 Å². The average molecular weight is 316 g/mol. The van der Waals surface area contributed by atoms with Gasteiger partial charge in [-0.15, -0.1) is 0 Å². The van der Waals surface area contributed by atoms with Crippen molar-refractivity contribution < 1.29 is 9.53 Å². The van der Waals surface area contributed by atoms with Gasteiger partial charge in [-0.1, -0.05) is 6.07 Å². The molecule has 1 saturated heterocycles. The molecule has 0 spiro atoms. The first-order chi connectivity index (χ1) is 11.0. The highest BCUT2D eigenvalue weighted by Gasteiger charge is 2.31. The van der Waals surface area contributed by atoms with Gasteiger partial charge in [0.05, 0.1) is 12.2 Å². The normalized spacial score (nSPS) is 20.6. The number of rotatable bonds is 4. The Morgan fingerprint density at radius 2 is 2.35 bits per heavy atom. The number of ether oxygens (including phenoxy) is 1. The average Bonchev–Trinajstić information content (AvgIpc) is 3.12. The fourth-order valence-corrected chi connectivity index (χ4v) is 2.84. The molecule has 1 N–H and O–H groups in total. The van der Waals surface area contributed by atoms with Crippen molar-refractivity contribution in [1.82, 2.24) is 19.7 Å². The third-order valence-corrected chi connectivity index (χ3v) is 4.02. The summed E-state index contributed by atoms with van der Waals surface area (Å²) in [6, 6.07) is 3.40. The highest BCUT2D eigenvalue weighted by Crippen LogP contribution is 2.28. The molecule has 1 amide bonds. The predicted octanol–water partition coefficient (Wildman–Crippen LogP) is 0.537. The highest BCUT2D eigenvalue weighted by atomic mass is 16.5. The number of amides is 1. The number of carbonyl (C=O) groups is 1. The van der Waals surface area contributed by atoms with E-state index in [2.05, 4.69) is 10.4 Å². The van der Waals surface area contributed by atoms with Crippen LogP contribution in [0.2, 0.25) is 0 Å². The lowest BCUT2D eigenvalue weighted by atomic mass is 10.1. The van der Waals surface area contributed by atoms with E-state index in [1.54, 1.807) is 36.1 Å². The summed E-state index contributed by atoms with van der Waals surface area (Å²) >= 11 is 0. The van der Waals surface area contributed by atoms with Crippen LogP contribution < -0.4 is 10.9 Å². The molecule has 7 nitrogen and oxygen atoms in total. The molecule has 0 unspecified atom stereocenters. The quantitative estimate of drug-likeness (QED) is 0.893. The van der Waals surface area contributed by atoms with Gasteiger partial charge in [0.25, 0.3) is 5.56 Å². The second-order valence-corrected chi connectivity index (χ2v) is 5.83. The van der Waals surface area contributed by atoms with Gasteiger partial charge in [0, 0.05) is 37.2 Å². The van der Waals surface area contributed by atoms with Gasteiger partial charge in [-0.2, -0.15) is 5.10 Å². The zero-order valence-corrected chi connectivity index (χ0v) is 13.2. The molecular formula is C16H20N4O3. The van der Waals surface area contributed by atoms with E-state index >= 15 is 0 Å². The Labute approximate surface area is 133 Å². The maximum Gasteiger partial charge on any atom is 0.253 e. The molecule has 2 aromatic heterocycles. The lowest BCUT2D eigenvalue weighted by Crippen LogP contribution is -2.40. The summed E-state index contributed by atoms with van der Waals surface area (Å²) in [6.45, 7) is 2.34. The smallest absolute Gasteiger partial charge is 0.253 e. The molecule has 7 heteroatoms. The van der Waals surface area contributed by atoms with Crippen LogP contribution in [-0.2, 0) is 23.1 Å². The monoisotopic (exact) mass is 316 g/mol. The minimum absolute atomic E-state index is 0.0107. The summed E-state index contributed by atoms with van der Waals surface area (Å²) in [5.74, 6) is -0.193. The molecule has 0 saturated carbocycles. The summed E-state index contributed by atoms with van der Waals surface area (Å²) in [5.41, 5.74) is 1.43. The van der Waals surface area contributed by atoms with Gasteiger partial charge < -0.3 is 14.6 Å². The molecule has 0 aliphatic carbocycles. The van der Waals surface area contributed by atoms with Gasteiger partial charge in [0.2, 0.25) is 5.91 Å². The minimum Gasteiger partial charge on any atom is -0.371 e. The number of aromatic nitrogens is 3. The van der Waals surface area contributed by atoms with Crippen LogP contribution in [0.15, 0.2) is 35.5 Å². The van der Waals surface area contributed by atoms with Crippen LogP contribution in [-0.4, -0.2) is 32.9 Å². The van der Waals surface area contributed by atoms with E-state index in [0.29, 0.717) is 12.2 Å².